The van der Waals surface area contributed by atoms with E-state index in [1.165, 1.54) is 24.8 Å². The molecule has 0 aliphatic carbocycles. The van der Waals surface area contributed by atoms with E-state index in [1.54, 1.807) is 12.1 Å². The fourth-order valence-electron chi connectivity index (χ4n) is 1.54. The van der Waals surface area contributed by atoms with Gasteiger partial charge in [-0.15, -0.1) is 0 Å². The van der Waals surface area contributed by atoms with Gasteiger partial charge in [-0.05, 0) is 31.2 Å². The van der Waals surface area contributed by atoms with E-state index in [0.717, 1.165) is 9.37 Å². The second-order valence-corrected chi connectivity index (χ2v) is 5.73. The second kappa shape index (κ2) is 5.67. The van der Waals surface area contributed by atoms with Gasteiger partial charge in [-0.3, -0.25) is 4.79 Å². The first-order valence-electron chi connectivity index (χ1n) is 5.31. The van der Waals surface area contributed by atoms with Crippen LogP contribution in [0.15, 0.2) is 56.7 Å². The molecule has 2 rings (SSSR count). The van der Waals surface area contributed by atoms with Crippen LogP contribution in [0.1, 0.15) is 17.3 Å². The van der Waals surface area contributed by atoms with Gasteiger partial charge in [0.25, 0.3) is 0 Å². The van der Waals surface area contributed by atoms with Crippen LogP contribution in [-0.2, 0) is 0 Å². The Morgan fingerprint density at radius 3 is 2.61 bits per heavy atom. The third kappa shape index (κ3) is 3.00. The zero-order chi connectivity index (χ0) is 13.1. The first-order chi connectivity index (χ1) is 8.58. The van der Waals surface area contributed by atoms with Gasteiger partial charge in [0.2, 0.25) is 0 Å². The Balaban J connectivity index is 2.42. The summed E-state index contributed by atoms with van der Waals surface area (Å²) in [5.74, 6) is -0.500. The van der Waals surface area contributed by atoms with Gasteiger partial charge in [0, 0.05) is 14.9 Å². The summed E-state index contributed by atoms with van der Waals surface area (Å²) >= 11 is 4.62. The maximum Gasteiger partial charge on any atom is 0.161 e. The normalized spacial score (nSPS) is 10.4. The molecule has 0 saturated carbocycles. The maximum atomic E-state index is 13.8. The molecule has 0 aliphatic rings. The molecule has 0 unspecified atom stereocenters. The van der Waals surface area contributed by atoms with Gasteiger partial charge in [0.15, 0.2) is 5.78 Å². The summed E-state index contributed by atoms with van der Waals surface area (Å²) in [5, 5.41) is 0. The minimum atomic E-state index is -0.368. The highest BCUT2D eigenvalue weighted by Gasteiger charge is 2.13. The lowest BCUT2D eigenvalue weighted by Gasteiger charge is -2.08. The van der Waals surface area contributed by atoms with Crippen LogP contribution in [-0.4, -0.2) is 5.78 Å². The largest absolute Gasteiger partial charge is 0.294 e. The Bertz CT molecular complexity index is 598. The molecule has 2 aromatic rings. The van der Waals surface area contributed by atoms with Crippen molar-refractivity contribution in [2.45, 2.75) is 16.7 Å². The zero-order valence-corrected chi connectivity index (χ0v) is 12.0. The van der Waals surface area contributed by atoms with Crippen LogP contribution in [0, 0.1) is 5.82 Å². The number of carbonyl (C=O) groups is 1. The Morgan fingerprint density at radius 2 is 1.94 bits per heavy atom. The molecule has 0 aromatic heterocycles. The highest BCUT2D eigenvalue weighted by Crippen LogP contribution is 2.34. The highest BCUT2D eigenvalue weighted by atomic mass is 79.9. The Kier molecular flexibility index (Phi) is 4.19. The molecular weight excluding hydrogens is 315 g/mol. The van der Waals surface area contributed by atoms with E-state index in [9.17, 15) is 9.18 Å². The van der Waals surface area contributed by atoms with E-state index in [2.05, 4.69) is 15.9 Å². The number of ketones is 1. The molecule has 0 N–H and O–H groups in total. The molecular formula is C14H10BrFOS. The van der Waals surface area contributed by atoms with Crippen molar-refractivity contribution in [1.82, 2.24) is 0 Å². The lowest BCUT2D eigenvalue weighted by Crippen LogP contribution is -1.97. The third-order valence-corrected chi connectivity index (χ3v) is 3.96. The number of hydrogen-bond acceptors (Lipinski definition) is 2. The van der Waals surface area contributed by atoms with Crippen LogP contribution in [0.2, 0.25) is 0 Å². The minimum absolute atomic E-state index is 0.132. The van der Waals surface area contributed by atoms with Crippen molar-refractivity contribution in [3.63, 3.8) is 0 Å². The standard InChI is InChI=1S/C14H10BrFOS/c1-9(17)12-6-3-7-13(16)14(12)18-11-5-2-4-10(15)8-11/h2-8H,1H3. The average Bonchev–Trinajstić information content (AvgIpc) is 2.31. The average molecular weight is 325 g/mol. The van der Waals surface area contributed by atoms with Crippen molar-refractivity contribution >= 4 is 33.5 Å². The molecule has 0 atom stereocenters. The fourth-order valence-corrected chi connectivity index (χ4v) is 3.14. The summed E-state index contributed by atoms with van der Waals surface area (Å²) in [4.78, 5) is 12.8. The predicted octanol–water partition coefficient (Wildman–Crippen LogP) is 4.94. The molecule has 0 bridgehead atoms. The molecule has 2 aromatic carbocycles. The van der Waals surface area contributed by atoms with E-state index in [0.29, 0.717) is 10.5 Å². The van der Waals surface area contributed by atoms with Crippen LogP contribution in [0.25, 0.3) is 0 Å². The number of rotatable bonds is 3. The summed E-state index contributed by atoms with van der Waals surface area (Å²) in [5.41, 5.74) is 0.417. The van der Waals surface area contributed by atoms with Gasteiger partial charge in [-0.1, -0.05) is 45.9 Å². The van der Waals surface area contributed by atoms with Gasteiger partial charge in [-0.2, -0.15) is 0 Å². The Hall–Kier alpha value is -1.13. The summed E-state index contributed by atoms with van der Waals surface area (Å²) in [6.45, 7) is 1.44. The number of Topliss-reactive ketones (excluding diaryl/α,β-unsaturated/α-hetero) is 1. The smallest absolute Gasteiger partial charge is 0.161 e. The molecule has 0 radical (unpaired) electrons. The van der Waals surface area contributed by atoms with Crippen molar-refractivity contribution in [3.8, 4) is 0 Å². The van der Waals surface area contributed by atoms with E-state index >= 15 is 0 Å². The lowest BCUT2D eigenvalue weighted by molar-refractivity contribution is 0.101. The summed E-state index contributed by atoms with van der Waals surface area (Å²) < 4.78 is 14.7. The predicted molar refractivity (Wildman–Crippen MR) is 74.7 cm³/mol. The van der Waals surface area contributed by atoms with Crippen molar-refractivity contribution in [1.29, 1.82) is 0 Å². The first-order valence-corrected chi connectivity index (χ1v) is 6.92. The Morgan fingerprint density at radius 1 is 1.22 bits per heavy atom. The molecule has 18 heavy (non-hydrogen) atoms. The fraction of sp³-hybridized carbons (Fsp3) is 0.0714. The number of carbonyl (C=O) groups excluding carboxylic acids is 1. The van der Waals surface area contributed by atoms with Crippen molar-refractivity contribution in [2.24, 2.45) is 0 Å². The van der Waals surface area contributed by atoms with Crippen molar-refractivity contribution in [3.05, 3.63) is 58.3 Å². The third-order valence-electron chi connectivity index (χ3n) is 2.36. The van der Waals surface area contributed by atoms with Gasteiger partial charge < -0.3 is 0 Å². The van der Waals surface area contributed by atoms with Gasteiger partial charge in [0.1, 0.15) is 5.82 Å². The van der Waals surface area contributed by atoms with Crippen LogP contribution >= 0.6 is 27.7 Å². The quantitative estimate of drug-likeness (QED) is 0.744. The molecule has 0 amide bonds. The summed E-state index contributed by atoms with van der Waals surface area (Å²) in [7, 11) is 0. The summed E-state index contributed by atoms with van der Waals surface area (Å²) in [6.07, 6.45) is 0. The number of halogens is 2. The number of benzene rings is 2. The van der Waals surface area contributed by atoms with Gasteiger partial charge >= 0.3 is 0 Å². The molecule has 92 valence electrons. The topological polar surface area (TPSA) is 17.1 Å². The van der Waals surface area contributed by atoms with Crippen LogP contribution < -0.4 is 0 Å². The molecule has 0 aliphatic heterocycles. The van der Waals surface area contributed by atoms with Crippen LogP contribution in [0.3, 0.4) is 0 Å². The zero-order valence-electron chi connectivity index (χ0n) is 9.61. The molecule has 0 fully saturated rings. The van der Waals surface area contributed by atoms with Gasteiger partial charge in [0.05, 0.1) is 4.90 Å². The maximum absolute atomic E-state index is 13.8. The van der Waals surface area contributed by atoms with E-state index < -0.39 is 0 Å². The molecule has 0 spiro atoms. The van der Waals surface area contributed by atoms with Gasteiger partial charge in [-0.25, -0.2) is 4.39 Å². The SMILES string of the molecule is CC(=O)c1cccc(F)c1Sc1cccc(Br)c1. The minimum Gasteiger partial charge on any atom is -0.294 e. The lowest BCUT2D eigenvalue weighted by atomic mass is 10.1. The first kappa shape index (κ1) is 13.3. The summed E-state index contributed by atoms with van der Waals surface area (Å²) in [6, 6.07) is 12.1. The van der Waals surface area contributed by atoms with E-state index in [-0.39, 0.29) is 11.6 Å². The second-order valence-electron chi connectivity index (χ2n) is 3.73. The van der Waals surface area contributed by atoms with Crippen LogP contribution in [0.5, 0.6) is 0 Å². The number of hydrogen-bond donors (Lipinski definition) is 0. The molecule has 0 heterocycles. The highest BCUT2D eigenvalue weighted by molar-refractivity contribution is 9.10. The van der Waals surface area contributed by atoms with Crippen LogP contribution in [0.4, 0.5) is 4.39 Å². The van der Waals surface area contributed by atoms with E-state index in [4.69, 9.17) is 0 Å². The van der Waals surface area contributed by atoms with E-state index in [1.807, 2.05) is 24.3 Å². The monoisotopic (exact) mass is 324 g/mol. The van der Waals surface area contributed by atoms with Crippen molar-refractivity contribution < 1.29 is 9.18 Å². The Labute approximate surface area is 118 Å². The molecule has 1 nitrogen and oxygen atoms in total. The molecule has 0 saturated heterocycles. The molecule has 4 heteroatoms. The van der Waals surface area contributed by atoms with Crippen molar-refractivity contribution in [2.75, 3.05) is 0 Å².